The van der Waals surface area contributed by atoms with Gasteiger partial charge < -0.3 is 10.4 Å². The Bertz CT molecular complexity index is 365. The van der Waals surface area contributed by atoms with Crippen molar-refractivity contribution in [2.75, 3.05) is 0 Å². The van der Waals surface area contributed by atoms with Crippen LogP contribution >= 0.6 is 27.3 Å². The number of hydrogen-bond acceptors (Lipinski definition) is 3. The maximum Gasteiger partial charge on any atom is 0.261 e. The van der Waals surface area contributed by atoms with E-state index >= 15 is 0 Å². The van der Waals surface area contributed by atoms with Gasteiger partial charge in [-0.2, -0.15) is 0 Å². The molecule has 15 heavy (non-hydrogen) atoms. The van der Waals surface area contributed by atoms with Crippen molar-refractivity contribution >= 4 is 33.2 Å². The average molecular weight is 290 g/mol. The minimum absolute atomic E-state index is 0.0364. The molecule has 0 bridgehead atoms. The second-order valence-corrected chi connectivity index (χ2v) is 6.23. The Labute approximate surface area is 101 Å². The summed E-state index contributed by atoms with van der Waals surface area (Å²) >= 11 is 4.83. The predicted molar refractivity (Wildman–Crippen MR) is 63.3 cm³/mol. The topological polar surface area (TPSA) is 49.3 Å². The highest BCUT2D eigenvalue weighted by atomic mass is 79.9. The van der Waals surface area contributed by atoms with E-state index < -0.39 is 0 Å². The van der Waals surface area contributed by atoms with E-state index in [9.17, 15) is 4.79 Å². The molecule has 0 radical (unpaired) electrons. The standard InChI is InChI=1S/C10H12BrNO2S/c1-5-2-8(15-9(5)11)10(14)12-6-3-7(13)4-6/h2,6-7,13H,3-4H2,1H3,(H,12,14). The first kappa shape index (κ1) is 11.1. The number of aryl methyl sites for hydroxylation is 1. The zero-order valence-electron chi connectivity index (χ0n) is 8.29. The quantitative estimate of drug-likeness (QED) is 0.876. The third-order valence-corrected chi connectivity index (χ3v) is 4.66. The van der Waals surface area contributed by atoms with E-state index in [4.69, 9.17) is 5.11 Å². The monoisotopic (exact) mass is 289 g/mol. The molecule has 1 fully saturated rings. The number of aliphatic hydroxyl groups is 1. The summed E-state index contributed by atoms with van der Waals surface area (Å²) in [4.78, 5) is 12.4. The van der Waals surface area contributed by atoms with Gasteiger partial charge in [0.1, 0.15) is 0 Å². The summed E-state index contributed by atoms with van der Waals surface area (Å²) in [5.74, 6) is -0.0364. The lowest BCUT2D eigenvalue weighted by Crippen LogP contribution is -2.46. The molecule has 0 saturated heterocycles. The van der Waals surface area contributed by atoms with Crippen LogP contribution in [0.4, 0.5) is 0 Å². The van der Waals surface area contributed by atoms with Crippen LogP contribution in [0.2, 0.25) is 0 Å². The Morgan fingerprint density at radius 1 is 1.67 bits per heavy atom. The van der Waals surface area contributed by atoms with E-state index in [0.717, 1.165) is 14.2 Å². The summed E-state index contributed by atoms with van der Waals surface area (Å²) in [5.41, 5.74) is 1.08. The van der Waals surface area contributed by atoms with Gasteiger partial charge in [-0.3, -0.25) is 4.79 Å². The van der Waals surface area contributed by atoms with Gasteiger partial charge in [0.2, 0.25) is 0 Å². The molecule has 0 unspecified atom stereocenters. The summed E-state index contributed by atoms with van der Waals surface area (Å²) in [6, 6.07) is 2.02. The number of halogens is 1. The van der Waals surface area contributed by atoms with Crippen molar-refractivity contribution in [3.05, 3.63) is 20.3 Å². The fraction of sp³-hybridized carbons (Fsp3) is 0.500. The van der Waals surface area contributed by atoms with Gasteiger partial charge in [-0.25, -0.2) is 0 Å². The van der Waals surface area contributed by atoms with Crippen molar-refractivity contribution < 1.29 is 9.90 Å². The predicted octanol–water partition coefficient (Wildman–Crippen LogP) is 2.07. The molecule has 1 aromatic rings. The van der Waals surface area contributed by atoms with Crippen LogP contribution in [0.25, 0.3) is 0 Å². The van der Waals surface area contributed by atoms with Gasteiger partial charge in [-0.05, 0) is 47.3 Å². The summed E-state index contributed by atoms with van der Waals surface area (Å²) in [5, 5.41) is 12.0. The average Bonchev–Trinajstić information content (AvgIpc) is 2.44. The third kappa shape index (κ3) is 2.41. The molecular formula is C10H12BrNO2S. The fourth-order valence-corrected chi connectivity index (χ4v) is 2.97. The zero-order valence-corrected chi connectivity index (χ0v) is 10.7. The largest absolute Gasteiger partial charge is 0.393 e. The molecule has 1 heterocycles. The molecule has 0 atom stereocenters. The maximum atomic E-state index is 11.7. The molecule has 1 amide bonds. The summed E-state index contributed by atoms with van der Waals surface area (Å²) < 4.78 is 1.00. The molecule has 2 N–H and O–H groups in total. The number of nitrogens with one attached hydrogen (secondary N) is 1. The second kappa shape index (κ2) is 4.23. The molecule has 3 nitrogen and oxygen atoms in total. The Morgan fingerprint density at radius 3 is 2.80 bits per heavy atom. The van der Waals surface area contributed by atoms with Crippen molar-refractivity contribution in [1.82, 2.24) is 5.32 Å². The Morgan fingerprint density at radius 2 is 2.33 bits per heavy atom. The number of aliphatic hydroxyl groups excluding tert-OH is 1. The lowest BCUT2D eigenvalue weighted by molar-refractivity contribution is 0.0564. The van der Waals surface area contributed by atoms with Gasteiger partial charge in [-0.15, -0.1) is 11.3 Å². The van der Waals surface area contributed by atoms with E-state index in [1.54, 1.807) is 0 Å². The lowest BCUT2D eigenvalue weighted by Gasteiger charge is -2.31. The van der Waals surface area contributed by atoms with E-state index in [-0.39, 0.29) is 18.1 Å². The van der Waals surface area contributed by atoms with Crippen molar-refractivity contribution in [2.45, 2.75) is 31.9 Å². The van der Waals surface area contributed by atoms with Crippen molar-refractivity contribution in [3.8, 4) is 0 Å². The van der Waals surface area contributed by atoms with E-state index in [1.807, 2.05) is 13.0 Å². The van der Waals surface area contributed by atoms with Crippen LogP contribution in [-0.4, -0.2) is 23.2 Å². The van der Waals surface area contributed by atoms with E-state index in [1.165, 1.54) is 11.3 Å². The molecule has 0 spiro atoms. The van der Waals surface area contributed by atoms with Gasteiger partial charge in [0.15, 0.2) is 0 Å². The molecular weight excluding hydrogens is 278 g/mol. The highest BCUT2D eigenvalue weighted by molar-refractivity contribution is 9.11. The number of carbonyl (C=O) groups excluding carboxylic acids is 1. The minimum Gasteiger partial charge on any atom is -0.393 e. The van der Waals surface area contributed by atoms with Gasteiger partial charge in [-0.1, -0.05) is 0 Å². The first-order valence-electron chi connectivity index (χ1n) is 4.81. The summed E-state index contributed by atoms with van der Waals surface area (Å²) in [6.07, 6.45) is 1.13. The number of hydrogen-bond donors (Lipinski definition) is 2. The van der Waals surface area contributed by atoms with Crippen molar-refractivity contribution in [2.24, 2.45) is 0 Å². The van der Waals surface area contributed by atoms with E-state index in [2.05, 4.69) is 21.2 Å². The highest BCUT2D eigenvalue weighted by Crippen LogP contribution is 2.28. The van der Waals surface area contributed by atoms with Gasteiger partial charge >= 0.3 is 0 Å². The summed E-state index contributed by atoms with van der Waals surface area (Å²) in [6.45, 7) is 1.96. The van der Waals surface area contributed by atoms with E-state index in [0.29, 0.717) is 12.8 Å². The van der Waals surface area contributed by atoms with Crippen LogP contribution < -0.4 is 5.32 Å². The molecule has 0 aliphatic heterocycles. The smallest absolute Gasteiger partial charge is 0.261 e. The molecule has 2 rings (SSSR count). The number of thiophene rings is 1. The van der Waals surface area contributed by atoms with Crippen LogP contribution in [0.5, 0.6) is 0 Å². The first-order chi connectivity index (χ1) is 7.06. The van der Waals surface area contributed by atoms with Crippen LogP contribution in [0.15, 0.2) is 9.85 Å². The number of rotatable bonds is 2. The molecule has 82 valence electrons. The number of carbonyl (C=O) groups is 1. The van der Waals surface area contributed by atoms with Crippen LogP contribution in [-0.2, 0) is 0 Å². The summed E-state index contributed by atoms with van der Waals surface area (Å²) in [7, 11) is 0. The minimum atomic E-state index is -0.230. The first-order valence-corrected chi connectivity index (χ1v) is 6.42. The molecule has 1 aliphatic carbocycles. The second-order valence-electron chi connectivity index (χ2n) is 3.86. The van der Waals surface area contributed by atoms with Crippen molar-refractivity contribution in [1.29, 1.82) is 0 Å². The van der Waals surface area contributed by atoms with Gasteiger partial charge in [0.05, 0.1) is 14.8 Å². The third-order valence-electron chi connectivity index (χ3n) is 2.53. The maximum absolute atomic E-state index is 11.7. The Kier molecular flexibility index (Phi) is 3.13. The SMILES string of the molecule is Cc1cc(C(=O)NC2CC(O)C2)sc1Br. The highest BCUT2D eigenvalue weighted by Gasteiger charge is 2.28. The zero-order chi connectivity index (χ0) is 11.0. The Hall–Kier alpha value is -0.390. The normalized spacial score (nSPS) is 24.7. The molecule has 1 aromatic heterocycles. The van der Waals surface area contributed by atoms with Crippen LogP contribution in [0.1, 0.15) is 28.1 Å². The Balaban J connectivity index is 1.96. The number of amides is 1. The molecule has 5 heteroatoms. The van der Waals surface area contributed by atoms with Gasteiger partial charge in [0, 0.05) is 6.04 Å². The fourth-order valence-electron chi connectivity index (χ4n) is 1.53. The molecule has 1 aliphatic rings. The van der Waals surface area contributed by atoms with Crippen LogP contribution in [0, 0.1) is 6.92 Å². The molecule has 1 saturated carbocycles. The van der Waals surface area contributed by atoms with Crippen molar-refractivity contribution in [3.63, 3.8) is 0 Å². The van der Waals surface area contributed by atoms with Crippen LogP contribution in [0.3, 0.4) is 0 Å². The molecule has 0 aromatic carbocycles. The van der Waals surface area contributed by atoms with Gasteiger partial charge in [0.25, 0.3) is 5.91 Å². The lowest BCUT2D eigenvalue weighted by atomic mass is 9.89.